The van der Waals surface area contributed by atoms with Crippen molar-refractivity contribution in [3.63, 3.8) is 0 Å². The van der Waals surface area contributed by atoms with Gasteiger partial charge in [0, 0.05) is 5.02 Å². The summed E-state index contributed by atoms with van der Waals surface area (Å²) in [6.07, 6.45) is 0. The third-order valence-corrected chi connectivity index (χ3v) is 4.03. The SMILES string of the molecule is COc1ccc(Cl)cc1C(=O)c1cc(Cl)sc1Cl. The smallest absolute Gasteiger partial charge is 0.199 e. The van der Waals surface area contributed by atoms with Crippen LogP contribution in [-0.4, -0.2) is 12.9 Å². The fourth-order valence-corrected chi connectivity index (χ4v) is 3.13. The van der Waals surface area contributed by atoms with Crippen molar-refractivity contribution in [1.29, 1.82) is 0 Å². The van der Waals surface area contributed by atoms with Gasteiger partial charge in [-0.15, -0.1) is 11.3 Å². The van der Waals surface area contributed by atoms with E-state index in [4.69, 9.17) is 39.5 Å². The summed E-state index contributed by atoms with van der Waals surface area (Å²) in [6.45, 7) is 0. The lowest BCUT2D eigenvalue weighted by atomic mass is 10.1. The highest BCUT2D eigenvalue weighted by Gasteiger charge is 2.19. The molecule has 0 aliphatic rings. The molecule has 0 bridgehead atoms. The number of ether oxygens (including phenoxy) is 1. The van der Waals surface area contributed by atoms with Crippen LogP contribution in [0.3, 0.4) is 0 Å². The van der Waals surface area contributed by atoms with E-state index in [0.29, 0.717) is 30.6 Å². The van der Waals surface area contributed by atoms with E-state index in [2.05, 4.69) is 0 Å². The predicted octanol–water partition coefficient (Wildman–Crippen LogP) is 4.95. The molecular weight excluding hydrogens is 315 g/mol. The monoisotopic (exact) mass is 320 g/mol. The lowest BCUT2D eigenvalue weighted by molar-refractivity contribution is 0.103. The molecule has 2 rings (SSSR count). The first-order valence-corrected chi connectivity index (χ1v) is 6.81. The Morgan fingerprint density at radius 2 is 1.89 bits per heavy atom. The second-order valence-electron chi connectivity index (χ2n) is 3.41. The lowest BCUT2D eigenvalue weighted by Crippen LogP contribution is -2.03. The van der Waals surface area contributed by atoms with Crippen LogP contribution in [0.25, 0.3) is 0 Å². The topological polar surface area (TPSA) is 26.3 Å². The van der Waals surface area contributed by atoms with E-state index in [9.17, 15) is 4.79 Å². The highest BCUT2D eigenvalue weighted by atomic mass is 35.5. The van der Waals surface area contributed by atoms with Gasteiger partial charge in [0.1, 0.15) is 10.1 Å². The number of benzene rings is 1. The number of rotatable bonds is 3. The van der Waals surface area contributed by atoms with Crippen LogP contribution in [0.15, 0.2) is 24.3 Å². The number of hydrogen-bond acceptors (Lipinski definition) is 3. The number of hydrogen-bond donors (Lipinski definition) is 0. The van der Waals surface area contributed by atoms with E-state index in [1.165, 1.54) is 13.2 Å². The zero-order valence-corrected chi connectivity index (χ0v) is 12.3. The molecule has 2 nitrogen and oxygen atoms in total. The van der Waals surface area contributed by atoms with Crippen LogP contribution >= 0.6 is 46.1 Å². The Morgan fingerprint density at radius 3 is 2.44 bits per heavy atom. The number of methoxy groups -OCH3 is 1. The first kappa shape index (κ1) is 13.7. The minimum absolute atomic E-state index is 0.262. The standard InChI is InChI=1S/C12H7Cl3O2S/c1-17-9-3-2-6(13)4-7(9)11(16)8-5-10(14)18-12(8)15/h2-5H,1H3. The molecule has 0 unspecified atom stereocenters. The maximum atomic E-state index is 12.3. The van der Waals surface area contributed by atoms with Gasteiger partial charge in [-0.05, 0) is 24.3 Å². The average molecular weight is 322 g/mol. The van der Waals surface area contributed by atoms with E-state index in [1.807, 2.05) is 0 Å². The largest absolute Gasteiger partial charge is 0.496 e. The summed E-state index contributed by atoms with van der Waals surface area (Å²) < 4.78 is 5.95. The predicted molar refractivity (Wildman–Crippen MR) is 75.8 cm³/mol. The molecule has 0 aliphatic heterocycles. The Hall–Kier alpha value is -0.740. The first-order valence-electron chi connectivity index (χ1n) is 4.86. The van der Waals surface area contributed by atoms with Crippen LogP contribution in [0.5, 0.6) is 5.75 Å². The van der Waals surface area contributed by atoms with Crippen molar-refractivity contribution in [3.8, 4) is 5.75 Å². The Balaban J connectivity index is 2.51. The highest BCUT2D eigenvalue weighted by molar-refractivity contribution is 7.20. The molecule has 0 aliphatic carbocycles. The Labute approximate surface area is 123 Å². The quantitative estimate of drug-likeness (QED) is 0.748. The molecule has 0 saturated heterocycles. The van der Waals surface area contributed by atoms with Crippen molar-refractivity contribution in [2.45, 2.75) is 0 Å². The van der Waals surface area contributed by atoms with Gasteiger partial charge in [0.05, 0.1) is 22.6 Å². The van der Waals surface area contributed by atoms with Crippen LogP contribution in [0, 0.1) is 0 Å². The van der Waals surface area contributed by atoms with Crippen LogP contribution in [0.1, 0.15) is 15.9 Å². The van der Waals surface area contributed by atoms with Crippen molar-refractivity contribution in [3.05, 3.63) is 49.1 Å². The third-order valence-electron chi connectivity index (χ3n) is 2.31. The van der Waals surface area contributed by atoms with Gasteiger partial charge in [-0.1, -0.05) is 34.8 Å². The summed E-state index contributed by atoms with van der Waals surface area (Å²) in [6, 6.07) is 6.37. The third kappa shape index (κ3) is 2.64. The minimum Gasteiger partial charge on any atom is -0.496 e. The first-order chi connectivity index (χ1) is 8.52. The Morgan fingerprint density at radius 1 is 1.17 bits per heavy atom. The van der Waals surface area contributed by atoms with Crippen LogP contribution < -0.4 is 4.74 Å². The van der Waals surface area contributed by atoms with Crippen molar-refractivity contribution in [2.24, 2.45) is 0 Å². The van der Waals surface area contributed by atoms with Crippen LogP contribution in [-0.2, 0) is 0 Å². The van der Waals surface area contributed by atoms with E-state index >= 15 is 0 Å². The molecule has 0 spiro atoms. The van der Waals surface area contributed by atoms with Gasteiger partial charge in [-0.3, -0.25) is 4.79 Å². The maximum Gasteiger partial charge on any atom is 0.199 e. The summed E-state index contributed by atoms with van der Waals surface area (Å²) in [5.74, 6) is 0.185. The van der Waals surface area contributed by atoms with Crippen molar-refractivity contribution in [2.75, 3.05) is 7.11 Å². The van der Waals surface area contributed by atoms with E-state index in [-0.39, 0.29) is 5.78 Å². The summed E-state index contributed by atoms with van der Waals surface area (Å²) >= 11 is 18.8. The van der Waals surface area contributed by atoms with Gasteiger partial charge >= 0.3 is 0 Å². The fourth-order valence-electron chi connectivity index (χ4n) is 1.50. The van der Waals surface area contributed by atoms with Gasteiger partial charge in [-0.2, -0.15) is 0 Å². The molecule has 94 valence electrons. The summed E-state index contributed by atoms with van der Waals surface area (Å²) in [5.41, 5.74) is 0.716. The van der Waals surface area contributed by atoms with Crippen molar-refractivity contribution < 1.29 is 9.53 Å². The molecule has 1 aromatic carbocycles. The average Bonchev–Trinajstić information content (AvgIpc) is 2.67. The molecule has 1 heterocycles. The summed E-state index contributed by atoms with van der Waals surface area (Å²) in [5, 5.41) is 0.455. The second-order valence-corrected chi connectivity index (χ2v) is 6.13. The number of thiophene rings is 1. The number of carbonyl (C=O) groups excluding carboxylic acids is 1. The Kier molecular flexibility index (Phi) is 4.17. The van der Waals surface area contributed by atoms with Gasteiger partial charge in [0.2, 0.25) is 0 Å². The van der Waals surface area contributed by atoms with Gasteiger partial charge in [0.25, 0.3) is 0 Å². The molecule has 18 heavy (non-hydrogen) atoms. The number of halogens is 3. The van der Waals surface area contributed by atoms with Crippen LogP contribution in [0.2, 0.25) is 13.7 Å². The molecular formula is C12H7Cl3O2S. The molecule has 2 aromatic rings. The zero-order valence-electron chi connectivity index (χ0n) is 9.17. The van der Waals surface area contributed by atoms with E-state index in [0.717, 1.165) is 11.3 Å². The van der Waals surface area contributed by atoms with Gasteiger partial charge in [0.15, 0.2) is 5.78 Å². The molecule has 0 radical (unpaired) electrons. The highest BCUT2D eigenvalue weighted by Crippen LogP contribution is 2.34. The van der Waals surface area contributed by atoms with Crippen molar-refractivity contribution in [1.82, 2.24) is 0 Å². The second kappa shape index (κ2) is 5.49. The van der Waals surface area contributed by atoms with E-state index < -0.39 is 0 Å². The molecule has 0 fully saturated rings. The molecule has 0 N–H and O–H groups in total. The number of carbonyl (C=O) groups is 1. The maximum absolute atomic E-state index is 12.3. The van der Waals surface area contributed by atoms with Gasteiger partial charge in [-0.25, -0.2) is 0 Å². The number of ketones is 1. The van der Waals surface area contributed by atoms with Gasteiger partial charge < -0.3 is 4.74 Å². The molecule has 0 atom stereocenters. The zero-order chi connectivity index (χ0) is 13.3. The summed E-state index contributed by atoms with van der Waals surface area (Å²) in [4.78, 5) is 12.3. The van der Waals surface area contributed by atoms with E-state index in [1.54, 1.807) is 18.2 Å². The lowest BCUT2D eigenvalue weighted by Gasteiger charge is -2.07. The summed E-state index contributed by atoms with van der Waals surface area (Å²) in [7, 11) is 1.49. The molecule has 0 saturated carbocycles. The fraction of sp³-hybridized carbons (Fsp3) is 0.0833. The molecule has 6 heteroatoms. The normalized spacial score (nSPS) is 10.4. The molecule has 1 aromatic heterocycles. The van der Waals surface area contributed by atoms with Crippen molar-refractivity contribution >= 4 is 51.9 Å². The molecule has 0 amide bonds. The minimum atomic E-state index is -0.262. The van der Waals surface area contributed by atoms with Crippen LogP contribution in [0.4, 0.5) is 0 Å². The Bertz CT molecular complexity index is 607.